The minimum atomic E-state index is -0.114. The molecule has 13 heavy (non-hydrogen) atoms. The van der Waals surface area contributed by atoms with Crippen LogP contribution in [0.3, 0.4) is 0 Å². The lowest BCUT2D eigenvalue weighted by Crippen LogP contribution is -1.81. The van der Waals surface area contributed by atoms with Crippen LogP contribution in [0.4, 0.5) is 0 Å². The summed E-state index contributed by atoms with van der Waals surface area (Å²) in [6.45, 7) is -0.114. The first-order valence-corrected chi connectivity index (χ1v) is 4.40. The van der Waals surface area contributed by atoms with E-state index in [1.54, 1.807) is 12.1 Å². The fourth-order valence-electron chi connectivity index (χ4n) is 1.01. The summed E-state index contributed by atoms with van der Waals surface area (Å²) in [5, 5.41) is 12.5. The third kappa shape index (κ3) is 1.52. The normalized spacial score (nSPS) is 10.6. The van der Waals surface area contributed by atoms with Gasteiger partial charge in [0.2, 0.25) is 5.76 Å². The van der Waals surface area contributed by atoms with E-state index >= 15 is 0 Å². The average Bonchev–Trinajstić information content (AvgIpc) is 2.71. The number of halogens is 1. The van der Waals surface area contributed by atoms with E-state index in [0.29, 0.717) is 21.8 Å². The fourth-order valence-corrected chi connectivity index (χ4v) is 1.32. The Kier molecular flexibility index (Phi) is 2.20. The van der Waals surface area contributed by atoms with Crippen molar-refractivity contribution in [2.45, 2.75) is 6.61 Å². The Bertz CT molecular complexity index is 407. The molecule has 1 N–H and O–H groups in total. The summed E-state index contributed by atoms with van der Waals surface area (Å²) in [4.78, 5) is 0. The van der Waals surface area contributed by atoms with Gasteiger partial charge >= 0.3 is 0 Å². The van der Waals surface area contributed by atoms with E-state index in [1.807, 2.05) is 0 Å². The lowest BCUT2D eigenvalue weighted by Gasteiger charge is -1.91. The molecule has 0 aliphatic rings. The number of rotatable bonds is 2. The van der Waals surface area contributed by atoms with Crippen molar-refractivity contribution in [3.63, 3.8) is 0 Å². The van der Waals surface area contributed by atoms with Gasteiger partial charge in [-0.15, -0.1) is 0 Å². The highest BCUT2D eigenvalue weighted by Crippen LogP contribution is 2.27. The van der Waals surface area contributed by atoms with Crippen molar-refractivity contribution >= 4 is 15.9 Å². The number of hydrogen-bond acceptors (Lipinski definition) is 4. The van der Waals surface area contributed by atoms with Gasteiger partial charge in [0.15, 0.2) is 10.4 Å². The Morgan fingerprint density at radius 2 is 2.31 bits per heavy atom. The van der Waals surface area contributed by atoms with Crippen LogP contribution in [0.15, 0.2) is 31.9 Å². The molecule has 0 saturated carbocycles. The SMILES string of the molecule is OCc1cnoc1-c1ccc(Br)o1. The summed E-state index contributed by atoms with van der Waals surface area (Å²) in [6, 6.07) is 3.49. The number of aliphatic hydroxyl groups excluding tert-OH is 1. The quantitative estimate of drug-likeness (QED) is 0.879. The molecule has 0 fully saturated rings. The molecule has 2 heterocycles. The largest absolute Gasteiger partial charge is 0.446 e. The van der Waals surface area contributed by atoms with Gasteiger partial charge in [0.25, 0.3) is 0 Å². The highest BCUT2D eigenvalue weighted by molar-refractivity contribution is 9.10. The van der Waals surface area contributed by atoms with Crippen molar-refractivity contribution < 1.29 is 14.0 Å². The number of aromatic nitrogens is 1. The summed E-state index contributed by atoms with van der Waals surface area (Å²) in [5.74, 6) is 1.02. The van der Waals surface area contributed by atoms with Crippen LogP contribution in [0.2, 0.25) is 0 Å². The van der Waals surface area contributed by atoms with Gasteiger partial charge < -0.3 is 14.0 Å². The molecule has 2 aromatic heterocycles. The molecule has 68 valence electrons. The molecular formula is C8H6BrNO3. The first-order chi connectivity index (χ1) is 6.31. The van der Waals surface area contributed by atoms with Crippen LogP contribution in [0.5, 0.6) is 0 Å². The molecule has 2 aromatic rings. The predicted molar refractivity (Wildman–Crippen MR) is 47.8 cm³/mol. The van der Waals surface area contributed by atoms with E-state index in [-0.39, 0.29) is 6.61 Å². The molecule has 0 amide bonds. The van der Waals surface area contributed by atoms with E-state index in [2.05, 4.69) is 21.1 Å². The second-order valence-electron chi connectivity index (χ2n) is 2.44. The highest BCUT2D eigenvalue weighted by atomic mass is 79.9. The molecule has 2 rings (SSSR count). The van der Waals surface area contributed by atoms with Gasteiger partial charge in [0.1, 0.15) is 0 Å². The molecule has 0 unspecified atom stereocenters. The summed E-state index contributed by atoms with van der Waals surface area (Å²) < 4.78 is 10.8. The standard InChI is InChI=1S/C8H6BrNO3/c9-7-2-1-6(12-7)8-5(4-11)3-10-13-8/h1-3,11H,4H2. The van der Waals surface area contributed by atoms with Gasteiger partial charge in [-0.25, -0.2) is 0 Å². The molecular weight excluding hydrogens is 238 g/mol. The summed E-state index contributed by atoms with van der Waals surface area (Å²) in [7, 11) is 0. The summed E-state index contributed by atoms with van der Waals surface area (Å²) in [6.07, 6.45) is 1.46. The predicted octanol–water partition coefficient (Wildman–Crippen LogP) is 2.19. The zero-order valence-corrected chi connectivity index (χ0v) is 8.11. The molecule has 4 nitrogen and oxygen atoms in total. The van der Waals surface area contributed by atoms with E-state index in [1.165, 1.54) is 6.20 Å². The molecule has 0 bridgehead atoms. The number of aliphatic hydroxyl groups is 1. The molecule has 0 aliphatic heterocycles. The van der Waals surface area contributed by atoms with Crippen LogP contribution in [0.1, 0.15) is 5.56 Å². The lowest BCUT2D eigenvalue weighted by molar-refractivity contribution is 0.281. The van der Waals surface area contributed by atoms with Crippen molar-refractivity contribution in [2.24, 2.45) is 0 Å². The van der Waals surface area contributed by atoms with E-state index in [4.69, 9.17) is 14.0 Å². The Labute approximate surface area is 82.3 Å². The maximum absolute atomic E-state index is 8.92. The first kappa shape index (κ1) is 8.52. The van der Waals surface area contributed by atoms with E-state index in [9.17, 15) is 0 Å². The Morgan fingerprint density at radius 1 is 1.46 bits per heavy atom. The topological polar surface area (TPSA) is 59.4 Å². The lowest BCUT2D eigenvalue weighted by atomic mass is 10.2. The van der Waals surface area contributed by atoms with Crippen molar-refractivity contribution in [3.8, 4) is 11.5 Å². The van der Waals surface area contributed by atoms with Crippen LogP contribution in [-0.4, -0.2) is 10.3 Å². The third-order valence-electron chi connectivity index (χ3n) is 1.61. The zero-order valence-electron chi connectivity index (χ0n) is 6.53. The molecule has 0 spiro atoms. The minimum Gasteiger partial charge on any atom is -0.446 e. The first-order valence-electron chi connectivity index (χ1n) is 3.61. The van der Waals surface area contributed by atoms with Crippen LogP contribution < -0.4 is 0 Å². The molecule has 0 aromatic carbocycles. The third-order valence-corrected chi connectivity index (χ3v) is 2.04. The minimum absolute atomic E-state index is 0.114. The number of hydrogen-bond donors (Lipinski definition) is 1. The van der Waals surface area contributed by atoms with Crippen molar-refractivity contribution in [3.05, 3.63) is 28.6 Å². The van der Waals surface area contributed by atoms with Crippen LogP contribution in [0, 0.1) is 0 Å². The second kappa shape index (κ2) is 3.35. The van der Waals surface area contributed by atoms with E-state index < -0.39 is 0 Å². The van der Waals surface area contributed by atoms with E-state index in [0.717, 1.165) is 0 Å². The molecule has 0 saturated heterocycles. The Hall–Kier alpha value is -1.07. The highest BCUT2D eigenvalue weighted by Gasteiger charge is 2.13. The van der Waals surface area contributed by atoms with Gasteiger partial charge in [0.05, 0.1) is 12.8 Å². The van der Waals surface area contributed by atoms with Crippen molar-refractivity contribution in [1.29, 1.82) is 0 Å². The molecule has 5 heteroatoms. The molecule has 0 aliphatic carbocycles. The van der Waals surface area contributed by atoms with Gasteiger partial charge in [-0.3, -0.25) is 0 Å². The second-order valence-corrected chi connectivity index (χ2v) is 3.22. The monoisotopic (exact) mass is 243 g/mol. The van der Waals surface area contributed by atoms with Crippen molar-refractivity contribution in [1.82, 2.24) is 5.16 Å². The smallest absolute Gasteiger partial charge is 0.207 e. The van der Waals surface area contributed by atoms with Gasteiger partial charge in [-0.1, -0.05) is 5.16 Å². The number of nitrogens with zero attached hydrogens (tertiary/aromatic N) is 1. The van der Waals surface area contributed by atoms with Gasteiger partial charge in [-0.2, -0.15) is 0 Å². The maximum atomic E-state index is 8.92. The maximum Gasteiger partial charge on any atom is 0.207 e. The Morgan fingerprint density at radius 3 is 2.92 bits per heavy atom. The number of furan rings is 1. The summed E-state index contributed by atoms with van der Waals surface area (Å²) in [5.41, 5.74) is 0.613. The zero-order chi connectivity index (χ0) is 9.26. The summed E-state index contributed by atoms with van der Waals surface area (Å²) >= 11 is 3.17. The van der Waals surface area contributed by atoms with Crippen LogP contribution in [0.25, 0.3) is 11.5 Å². The average molecular weight is 244 g/mol. The van der Waals surface area contributed by atoms with Crippen LogP contribution >= 0.6 is 15.9 Å². The molecule has 0 radical (unpaired) electrons. The van der Waals surface area contributed by atoms with Gasteiger partial charge in [-0.05, 0) is 28.1 Å². The van der Waals surface area contributed by atoms with Gasteiger partial charge in [0, 0.05) is 5.56 Å². The molecule has 0 atom stereocenters. The fraction of sp³-hybridized carbons (Fsp3) is 0.125. The van der Waals surface area contributed by atoms with Crippen molar-refractivity contribution in [2.75, 3.05) is 0 Å². The Balaban J connectivity index is 2.45. The van der Waals surface area contributed by atoms with Crippen LogP contribution in [-0.2, 0) is 6.61 Å².